The number of anilines is 2. The molecule has 4 N–H and O–H groups in total. The Morgan fingerprint density at radius 3 is 1.24 bits per heavy atom. The number of benzene rings is 1. The molecule has 0 spiro atoms. The Balaban J connectivity index is 1.71. The van der Waals surface area contributed by atoms with Crippen molar-refractivity contribution in [2.24, 2.45) is 0 Å². The SMILES string of the molecule is Cc1cnc(Oc2cc(Oc3ncc(N)cc3C)cc(Oc3ncc(N)cc3C)c2)c(C)c1. The van der Waals surface area contributed by atoms with Crippen LogP contribution >= 0.6 is 0 Å². The number of nitrogen functional groups attached to an aromatic ring is 2. The van der Waals surface area contributed by atoms with Gasteiger partial charge in [0.05, 0.1) is 23.8 Å². The number of nitrogens with two attached hydrogens (primary N) is 2. The average Bonchev–Trinajstić information content (AvgIpc) is 2.74. The predicted octanol–water partition coefficient (Wildman–Crippen LogP) is 5.65. The van der Waals surface area contributed by atoms with Crippen molar-refractivity contribution in [3.8, 4) is 34.9 Å². The van der Waals surface area contributed by atoms with Crippen molar-refractivity contribution in [3.05, 3.63) is 77.2 Å². The molecule has 0 bridgehead atoms. The molecule has 4 aromatic rings. The molecule has 0 aliphatic rings. The van der Waals surface area contributed by atoms with Gasteiger partial charge in [-0.2, -0.15) is 0 Å². The number of nitrogens with zero attached hydrogens (tertiary/aromatic N) is 3. The minimum Gasteiger partial charge on any atom is -0.438 e. The van der Waals surface area contributed by atoms with E-state index in [0.29, 0.717) is 46.3 Å². The molecule has 0 saturated carbocycles. The molecule has 3 heterocycles. The van der Waals surface area contributed by atoms with E-state index in [1.165, 1.54) is 0 Å². The summed E-state index contributed by atoms with van der Waals surface area (Å²) in [5, 5.41) is 0. The summed E-state index contributed by atoms with van der Waals surface area (Å²) in [5.74, 6) is 2.79. The van der Waals surface area contributed by atoms with Crippen LogP contribution in [0.5, 0.6) is 34.9 Å². The summed E-state index contributed by atoms with van der Waals surface area (Å²) in [7, 11) is 0. The molecule has 0 radical (unpaired) electrons. The Bertz CT molecular complexity index is 1150. The second kappa shape index (κ2) is 9.04. The molecule has 33 heavy (non-hydrogen) atoms. The quantitative estimate of drug-likeness (QED) is 0.393. The number of aryl methyl sites for hydroxylation is 4. The average molecular weight is 444 g/mol. The maximum absolute atomic E-state index is 6.07. The van der Waals surface area contributed by atoms with Gasteiger partial charge in [-0.05, 0) is 51.5 Å². The molecule has 0 aliphatic heterocycles. The van der Waals surface area contributed by atoms with Gasteiger partial charge < -0.3 is 25.7 Å². The van der Waals surface area contributed by atoms with Crippen molar-refractivity contribution in [1.29, 1.82) is 0 Å². The Labute approximate surface area is 192 Å². The number of hydrogen-bond acceptors (Lipinski definition) is 8. The molecular weight excluding hydrogens is 418 g/mol. The van der Waals surface area contributed by atoms with Gasteiger partial charge in [-0.25, -0.2) is 15.0 Å². The molecule has 8 heteroatoms. The fourth-order valence-electron chi connectivity index (χ4n) is 3.25. The molecule has 0 atom stereocenters. The summed E-state index contributed by atoms with van der Waals surface area (Å²) in [5.41, 5.74) is 16.3. The van der Waals surface area contributed by atoms with Crippen LogP contribution in [0.4, 0.5) is 11.4 Å². The van der Waals surface area contributed by atoms with Gasteiger partial charge in [0.1, 0.15) is 17.2 Å². The zero-order valence-electron chi connectivity index (χ0n) is 18.9. The van der Waals surface area contributed by atoms with E-state index in [1.54, 1.807) is 48.9 Å². The third kappa shape index (κ3) is 5.30. The Morgan fingerprint density at radius 1 is 0.515 bits per heavy atom. The van der Waals surface area contributed by atoms with Crippen LogP contribution < -0.4 is 25.7 Å². The van der Waals surface area contributed by atoms with E-state index >= 15 is 0 Å². The van der Waals surface area contributed by atoms with Gasteiger partial charge in [-0.3, -0.25) is 0 Å². The van der Waals surface area contributed by atoms with E-state index in [9.17, 15) is 0 Å². The van der Waals surface area contributed by atoms with E-state index in [0.717, 1.165) is 22.3 Å². The molecule has 0 aliphatic carbocycles. The first-order chi connectivity index (χ1) is 15.8. The third-order valence-electron chi connectivity index (χ3n) is 4.77. The van der Waals surface area contributed by atoms with Gasteiger partial charge in [-0.15, -0.1) is 0 Å². The minimum atomic E-state index is 0.429. The van der Waals surface area contributed by atoms with Crippen LogP contribution in [-0.4, -0.2) is 15.0 Å². The maximum atomic E-state index is 6.07. The van der Waals surface area contributed by atoms with E-state index in [1.807, 2.05) is 33.8 Å². The molecular formula is C25H25N5O3. The van der Waals surface area contributed by atoms with Crippen LogP contribution in [0, 0.1) is 27.7 Å². The third-order valence-corrected chi connectivity index (χ3v) is 4.77. The summed E-state index contributed by atoms with van der Waals surface area (Å²) < 4.78 is 18.1. The van der Waals surface area contributed by atoms with Crippen molar-refractivity contribution in [1.82, 2.24) is 15.0 Å². The van der Waals surface area contributed by atoms with Gasteiger partial charge in [0.15, 0.2) is 0 Å². The highest BCUT2D eigenvalue weighted by Crippen LogP contribution is 2.36. The van der Waals surface area contributed by atoms with Crippen molar-refractivity contribution >= 4 is 11.4 Å². The van der Waals surface area contributed by atoms with Crippen molar-refractivity contribution in [3.63, 3.8) is 0 Å². The molecule has 1 aromatic carbocycles. The first-order valence-corrected chi connectivity index (χ1v) is 10.3. The van der Waals surface area contributed by atoms with Crippen LogP contribution in [0.15, 0.2) is 55.0 Å². The molecule has 0 saturated heterocycles. The highest BCUT2D eigenvalue weighted by molar-refractivity contribution is 5.49. The highest BCUT2D eigenvalue weighted by Gasteiger charge is 2.13. The van der Waals surface area contributed by atoms with E-state index < -0.39 is 0 Å². The lowest BCUT2D eigenvalue weighted by molar-refractivity contribution is 0.419. The fourth-order valence-corrected chi connectivity index (χ4v) is 3.25. The Hall–Kier alpha value is -4.33. The number of hydrogen-bond donors (Lipinski definition) is 2. The van der Waals surface area contributed by atoms with Crippen molar-refractivity contribution in [2.45, 2.75) is 27.7 Å². The molecule has 0 amide bonds. The van der Waals surface area contributed by atoms with Gasteiger partial charge in [0, 0.05) is 41.1 Å². The van der Waals surface area contributed by atoms with Crippen molar-refractivity contribution in [2.75, 3.05) is 11.5 Å². The zero-order valence-corrected chi connectivity index (χ0v) is 18.9. The van der Waals surface area contributed by atoms with Crippen LogP contribution in [0.1, 0.15) is 22.3 Å². The first kappa shape index (κ1) is 21.9. The smallest absolute Gasteiger partial charge is 0.222 e. The van der Waals surface area contributed by atoms with Gasteiger partial charge in [0.2, 0.25) is 17.6 Å². The zero-order chi connectivity index (χ0) is 23.5. The maximum Gasteiger partial charge on any atom is 0.222 e. The molecule has 4 rings (SSSR count). The fraction of sp³-hybridized carbons (Fsp3) is 0.160. The normalized spacial score (nSPS) is 10.7. The second-order valence-electron chi connectivity index (χ2n) is 7.86. The van der Waals surface area contributed by atoms with Gasteiger partial charge in [0.25, 0.3) is 0 Å². The predicted molar refractivity (Wildman–Crippen MR) is 127 cm³/mol. The molecule has 3 aromatic heterocycles. The lowest BCUT2D eigenvalue weighted by Gasteiger charge is -2.14. The summed E-state index contributed by atoms with van der Waals surface area (Å²) in [6.45, 7) is 7.67. The highest BCUT2D eigenvalue weighted by atomic mass is 16.5. The minimum absolute atomic E-state index is 0.429. The summed E-state index contributed by atoms with van der Waals surface area (Å²) in [6.07, 6.45) is 4.84. The number of pyridine rings is 3. The van der Waals surface area contributed by atoms with Crippen molar-refractivity contribution < 1.29 is 14.2 Å². The van der Waals surface area contributed by atoms with Crippen LogP contribution in [0.2, 0.25) is 0 Å². The Kier molecular flexibility index (Phi) is 5.99. The standard InChI is InChI=1S/C25H25N5O3/c1-14-5-15(2)23(28-11-14)31-20-8-21(32-24-16(3)6-18(26)12-29-24)10-22(9-20)33-25-17(4)7-19(27)13-30-25/h5-13H,26-27H2,1-4H3. The lowest BCUT2D eigenvalue weighted by atomic mass is 10.2. The topological polar surface area (TPSA) is 118 Å². The van der Waals surface area contributed by atoms with E-state index in [4.69, 9.17) is 25.7 Å². The molecule has 8 nitrogen and oxygen atoms in total. The number of aromatic nitrogens is 3. The van der Waals surface area contributed by atoms with Crippen LogP contribution in [0.3, 0.4) is 0 Å². The molecule has 0 fully saturated rings. The van der Waals surface area contributed by atoms with Gasteiger partial charge in [-0.1, -0.05) is 0 Å². The number of rotatable bonds is 6. The molecule has 0 unspecified atom stereocenters. The summed E-state index contributed by atoms with van der Waals surface area (Å²) >= 11 is 0. The van der Waals surface area contributed by atoms with Crippen LogP contribution in [0.25, 0.3) is 0 Å². The first-order valence-electron chi connectivity index (χ1n) is 10.3. The molecule has 168 valence electrons. The Morgan fingerprint density at radius 2 is 0.879 bits per heavy atom. The summed E-state index contributed by atoms with van der Waals surface area (Å²) in [4.78, 5) is 13.0. The van der Waals surface area contributed by atoms with E-state index in [2.05, 4.69) is 15.0 Å². The summed E-state index contributed by atoms with van der Waals surface area (Å²) in [6, 6.07) is 10.8. The number of ether oxygens (including phenoxy) is 3. The second-order valence-corrected chi connectivity index (χ2v) is 7.86. The monoisotopic (exact) mass is 443 g/mol. The largest absolute Gasteiger partial charge is 0.438 e. The van der Waals surface area contributed by atoms with Crippen LogP contribution in [-0.2, 0) is 0 Å². The van der Waals surface area contributed by atoms with E-state index in [-0.39, 0.29) is 0 Å². The lowest BCUT2D eigenvalue weighted by Crippen LogP contribution is -1.98. The van der Waals surface area contributed by atoms with Gasteiger partial charge >= 0.3 is 0 Å².